The number of nitrogens with one attached hydrogen (secondary N) is 1. The number of carbonyl (C=O) groups excluding carboxylic acids is 1. The average molecular weight is 283 g/mol. The summed E-state index contributed by atoms with van der Waals surface area (Å²) in [6.07, 6.45) is 7.14. The molecule has 0 aromatic heterocycles. The summed E-state index contributed by atoms with van der Waals surface area (Å²) >= 11 is 0. The van der Waals surface area contributed by atoms with Gasteiger partial charge in [-0.05, 0) is 44.1 Å². The molecular weight excluding hydrogens is 258 g/mol. The molecule has 2 rings (SSSR count). The molecule has 0 radical (unpaired) electrons. The van der Waals surface area contributed by atoms with Crippen LogP contribution in [0.25, 0.3) is 0 Å². The molecule has 1 saturated carbocycles. The van der Waals surface area contributed by atoms with Crippen molar-refractivity contribution >= 4 is 5.91 Å². The summed E-state index contributed by atoms with van der Waals surface area (Å²) in [5, 5.41) is 11.7. The van der Waals surface area contributed by atoms with Crippen molar-refractivity contribution < 1.29 is 19.4 Å². The topological polar surface area (TPSA) is 67.8 Å². The van der Waals surface area contributed by atoms with Crippen LogP contribution < -0.4 is 5.32 Å². The van der Waals surface area contributed by atoms with Gasteiger partial charge in [0.25, 0.3) is 5.91 Å². The Morgan fingerprint density at radius 2 is 2.30 bits per heavy atom. The molecule has 114 valence electrons. The van der Waals surface area contributed by atoms with Gasteiger partial charge in [0, 0.05) is 19.1 Å². The third-order valence-corrected chi connectivity index (χ3v) is 3.78. The Balaban J connectivity index is 1.78. The second-order valence-electron chi connectivity index (χ2n) is 5.69. The molecule has 20 heavy (non-hydrogen) atoms. The van der Waals surface area contributed by atoms with Crippen LogP contribution >= 0.6 is 0 Å². The molecule has 0 spiro atoms. The summed E-state index contributed by atoms with van der Waals surface area (Å²) in [5.41, 5.74) is 0. The maximum Gasteiger partial charge on any atom is 0.286 e. The number of ether oxygens (including phenoxy) is 2. The maximum absolute atomic E-state index is 12.1. The van der Waals surface area contributed by atoms with Crippen molar-refractivity contribution in [3.05, 3.63) is 11.8 Å². The first-order valence-corrected chi connectivity index (χ1v) is 7.61. The molecule has 0 saturated heterocycles. The highest BCUT2D eigenvalue weighted by Gasteiger charge is 2.28. The predicted molar refractivity (Wildman–Crippen MR) is 74.8 cm³/mol. The quantitative estimate of drug-likeness (QED) is 0.698. The van der Waals surface area contributed by atoms with E-state index >= 15 is 0 Å². The lowest BCUT2D eigenvalue weighted by molar-refractivity contribution is -0.149. The first-order chi connectivity index (χ1) is 9.69. The van der Waals surface area contributed by atoms with Crippen LogP contribution in [0.3, 0.4) is 0 Å². The van der Waals surface area contributed by atoms with Gasteiger partial charge in [-0.2, -0.15) is 0 Å². The molecule has 2 N–H and O–H groups in total. The Labute approximate surface area is 120 Å². The van der Waals surface area contributed by atoms with E-state index in [0.717, 1.165) is 32.1 Å². The van der Waals surface area contributed by atoms with Gasteiger partial charge in [0.1, 0.15) is 0 Å². The SMILES string of the molecule is C[C@@H]1C=C(C(=O)NC2CCC2)O[C@H](OCCCCO)C1. The second kappa shape index (κ2) is 7.64. The van der Waals surface area contributed by atoms with Gasteiger partial charge in [-0.1, -0.05) is 6.92 Å². The number of rotatable bonds is 7. The van der Waals surface area contributed by atoms with Crippen LogP contribution in [-0.2, 0) is 14.3 Å². The van der Waals surface area contributed by atoms with Crippen molar-refractivity contribution in [3.8, 4) is 0 Å². The van der Waals surface area contributed by atoms with Crippen LogP contribution in [0.4, 0.5) is 0 Å². The van der Waals surface area contributed by atoms with Gasteiger partial charge in [-0.15, -0.1) is 0 Å². The molecule has 0 aromatic carbocycles. The van der Waals surface area contributed by atoms with Gasteiger partial charge in [-0.25, -0.2) is 0 Å². The maximum atomic E-state index is 12.1. The summed E-state index contributed by atoms with van der Waals surface area (Å²) in [6.45, 7) is 2.79. The number of hydrogen-bond acceptors (Lipinski definition) is 4. The van der Waals surface area contributed by atoms with Crippen LogP contribution in [0.5, 0.6) is 0 Å². The van der Waals surface area contributed by atoms with E-state index < -0.39 is 0 Å². The normalized spacial score (nSPS) is 26.4. The van der Waals surface area contributed by atoms with Crippen LogP contribution in [0.1, 0.15) is 45.4 Å². The third kappa shape index (κ3) is 4.49. The Morgan fingerprint density at radius 1 is 1.50 bits per heavy atom. The first kappa shape index (κ1) is 15.3. The van der Waals surface area contributed by atoms with Crippen LogP contribution in [0.15, 0.2) is 11.8 Å². The molecule has 5 nitrogen and oxygen atoms in total. The highest BCUT2D eigenvalue weighted by Crippen LogP contribution is 2.24. The molecule has 2 atom stereocenters. The summed E-state index contributed by atoms with van der Waals surface area (Å²) in [7, 11) is 0. The van der Waals surface area contributed by atoms with E-state index in [0.29, 0.717) is 18.4 Å². The van der Waals surface area contributed by atoms with Gasteiger partial charge in [-0.3, -0.25) is 4.79 Å². The van der Waals surface area contributed by atoms with Gasteiger partial charge in [0.15, 0.2) is 5.76 Å². The van der Waals surface area contributed by atoms with E-state index in [1.165, 1.54) is 6.42 Å². The number of hydrogen-bond donors (Lipinski definition) is 2. The highest BCUT2D eigenvalue weighted by molar-refractivity contribution is 5.91. The summed E-state index contributed by atoms with van der Waals surface area (Å²) in [6, 6.07) is 0.313. The van der Waals surface area contributed by atoms with E-state index in [9.17, 15) is 4.79 Å². The molecule has 0 bridgehead atoms. The number of amides is 1. The number of aliphatic hydroxyl groups is 1. The molecule has 5 heteroatoms. The van der Waals surface area contributed by atoms with Gasteiger partial charge >= 0.3 is 0 Å². The average Bonchev–Trinajstić information content (AvgIpc) is 2.38. The zero-order valence-electron chi connectivity index (χ0n) is 12.1. The summed E-state index contributed by atoms with van der Waals surface area (Å²) in [5.74, 6) is 0.543. The minimum atomic E-state index is -0.351. The summed E-state index contributed by atoms with van der Waals surface area (Å²) in [4.78, 5) is 12.1. The molecule has 1 aliphatic heterocycles. The summed E-state index contributed by atoms with van der Waals surface area (Å²) < 4.78 is 11.3. The predicted octanol–water partition coefficient (Wildman–Crippen LogP) is 1.71. The molecule has 1 amide bonds. The van der Waals surface area contributed by atoms with Crippen molar-refractivity contribution in [1.82, 2.24) is 5.32 Å². The van der Waals surface area contributed by atoms with E-state index in [1.54, 1.807) is 0 Å². The van der Waals surface area contributed by atoms with E-state index in [2.05, 4.69) is 12.2 Å². The van der Waals surface area contributed by atoms with Crippen LogP contribution in [-0.4, -0.2) is 36.6 Å². The molecular formula is C15H25NO4. The lowest BCUT2D eigenvalue weighted by Crippen LogP contribution is -2.42. The zero-order valence-corrected chi connectivity index (χ0v) is 12.1. The molecule has 1 aliphatic carbocycles. The standard InChI is InChI=1S/C15H25NO4/c1-11-9-13(15(18)16-12-5-4-6-12)20-14(10-11)19-8-3-2-7-17/h9,11-12,14,17H,2-8,10H2,1H3,(H,16,18)/t11-,14+/m1/s1. The fourth-order valence-corrected chi connectivity index (χ4v) is 2.33. The number of unbranched alkanes of at least 4 members (excludes halogenated alkanes) is 1. The van der Waals surface area contributed by atoms with E-state index in [4.69, 9.17) is 14.6 Å². The van der Waals surface area contributed by atoms with Crippen LogP contribution in [0.2, 0.25) is 0 Å². The largest absolute Gasteiger partial charge is 0.459 e. The van der Waals surface area contributed by atoms with E-state index in [1.807, 2.05) is 6.08 Å². The lowest BCUT2D eigenvalue weighted by atomic mass is 9.93. The van der Waals surface area contributed by atoms with Gasteiger partial charge < -0.3 is 19.9 Å². The van der Waals surface area contributed by atoms with Crippen molar-refractivity contribution in [2.45, 2.75) is 57.8 Å². The monoisotopic (exact) mass is 283 g/mol. The van der Waals surface area contributed by atoms with E-state index in [-0.39, 0.29) is 24.7 Å². The molecule has 2 aliphatic rings. The minimum Gasteiger partial charge on any atom is -0.459 e. The van der Waals surface area contributed by atoms with Crippen molar-refractivity contribution in [2.24, 2.45) is 5.92 Å². The number of allylic oxidation sites excluding steroid dienone is 1. The Kier molecular flexibility index (Phi) is 5.86. The molecule has 0 aromatic rings. The highest BCUT2D eigenvalue weighted by atomic mass is 16.7. The molecule has 1 fully saturated rings. The Morgan fingerprint density at radius 3 is 2.95 bits per heavy atom. The zero-order chi connectivity index (χ0) is 14.4. The second-order valence-corrected chi connectivity index (χ2v) is 5.69. The smallest absolute Gasteiger partial charge is 0.286 e. The van der Waals surface area contributed by atoms with Crippen molar-refractivity contribution in [1.29, 1.82) is 0 Å². The fraction of sp³-hybridized carbons (Fsp3) is 0.800. The minimum absolute atomic E-state index is 0.120. The lowest BCUT2D eigenvalue weighted by Gasteiger charge is -2.30. The number of carbonyl (C=O) groups is 1. The molecule has 1 heterocycles. The first-order valence-electron chi connectivity index (χ1n) is 7.61. The van der Waals surface area contributed by atoms with Crippen LogP contribution in [0, 0.1) is 5.92 Å². The fourth-order valence-electron chi connectivity index (χ4n) is 2.33. The Hall–Kier alpha value is -1.07. The Bertz CT molecular complexity index is 352. The number of aliphatic hydroxyl groups excluding tert-OH is 1. The van der Waals surface area contributed by atoms with Gasteiger partial charge in [0.2, 0.25) is 6.29 Å². The van der Waals surface area contributed by atoms with Crippen molar-refractivity contribution in [3.63, 3.8) is 0 Å². The van der Waals surface area contributed by atoms with Crippen molar-refractivity contribution in [2.75, 3.05) is 13.2 Å². The third-order valence-electron chi connectivity index (χ3n) is 3.78. The molecule has 0 unspecified atom stereocenters. The van der Waals surface area contributed by atoms with Gasteiger partial charge in [0.05, 0.1) is 6.61 Å².